The topological polar surface area (TPSA) is 91.4 Å². The van der Waals surface area contributed by atoms with Gasteiger partial charge in [0.05, 0.1) is 6.04 Å². The fraction of sp³-hybridized carbons (Fsp3) is 0.333. The maximum atomic E-state index is 12.0. The average molecular weight is 304 g/mol. The largest absolute Gasteiger partial charge is 0.573 e. The lowest BCUT2D eigenvalue weighted by Crippen LogP contribution is -2.45. The normalized spacial score (nSPS) is 12.4. The highest BCUT2D eigenvalue weighted by atomic mass is 19.4. The summed E-state index contributed by atoms with van der Waals surface area (Å²) < 4.78 is 39.7. The van der Waals surface area contributed by atoms with Gasteiger partial charge in [-0.25, -0.2) is 4.79 Å². The van der Waals surface area contributed by atoms with Gasteiger partial charge in [-0.05, 0) is 31.2 Å². The number of hydrogen-bond acceptors (Lipinski definition) is 3. The van der Waals surface area contributed by atoms with E-state index in [2.05, 4.69) is 10.1 Å². The van der Waals surface area contributed by atoms with Crippen LogP contribution in [0.1, 0.15) is 6.92 Å². The van der Waals surface area contributed by atoms with Gasteiger partial charge in [0, 0.05) is 12.7 Å². The van der Waals surface area contributed by atoms with Crippen molar-refractivity contribution >= 4 is 17.6 Å². The summed E-state index contributed by atoms with van der Waals surface area (Å²) in [5.74, 6) is -0.562. The van der Waals surface area contributed by atoms with Crippen molar-refractivity contribution in [1.82, 2.24) is 4.90 Å². The van der Waals surface area contributed by atoms with Gasteiger partial charge in [-0.15, -0.1) is 13.2 Å². The molecule has 0 aliphatic rings. The fourth-order valence-electron chi connectivity index (χ4n) is 1.34. The molecule has 0 bridgehead atoms. The van der Waals surface area contributed by atoms with Crippen molar-refractivity contribution in [3.63, 3.8) is 0 Å². The zero-order chi connectivity index (χ0) is 16.2. The quantitative estimate of drug-likeness (QED) is 0.589. The summed E-state index contributed by atoms with van der Waals surface area (Å²) in [4.78, 5) is 13.0. The number of anilines is 1. The number of amidine groups is 1. The first kappa shape index (κ1) is 16.6. The Morgan fingerprint density at radius 3 is 2.33 bits per heavy atom. The van der Waals surface area contributed by atoms with Gasteiger partial charge in [-0.1, -0.05) is 0 Å². The maximum absolute atomic E-state index is 12.0. The number of halogens is 3. The van der Waals surface area contributed by atoms with Crippen molar-refractivity contribution in [3.05, 3.63) is 24.3 Å². The minimum absolute atomic E-state index is 0.179. The molecule has 0 spiro atoms. The number of nitrogens with two attached hydrogens (primary N) is 1. The highest BCUT2D eigenvalue weighted by Crippen LogP contribution is 2.24. The summed E-state index contributed by atoms with van der Waals surface area (Å²) in [7, 11) is 1.45. The summed E-state index contributed by atoms with van der Waals surface area (Å²) >= 11 is 0. The highest BCUT2D eigenvalue weighted by Gasteiger charge is 2.31. The summed E-state index contributed by atoms with van der Waals surface area (Å²) in [6.45, 7) is 1.57. The smallest absolute Gasteiger partial charge is 0.406 e. The Morgan fingerprint density at radius 2 is 1.90 bits per heavy atom. The molecule has 0 fully saturated rings. The van der Waals surface area contributed by atoms with E-state index in [1.807, 2.05) is 0 Å². The number of urea groups is 1. The molecular formula is C12H15F3N4O2. The summed E-state index contributed by atoms with van der Waals surface area (Å²) in [5.41, 5.74) is 5.57. The number of likely N-dealkylation sites (N-methyl/N-ethyl adjacent to an activating group) is 1. The first-order chi connectivity index (χ1) is 9.60. The minimum atomic E-state index is -4.76. The Labute approximate surface area is 119 Å². The Hall–Kier alpha value is -2.45. The number of rotatable bonds is 4. The zero-order valence-electron chi connectivity index (χ0n) is 11.4. The molecule has 1 unspecified atom stereocenters. The first-order valence-corrected chi connectivity index (χ1v) is 5.83. The number of carbonyl (C=O) groups is 1. The standard InChI is InChI=1S/C12H15F3N4O2/c1-7(10(16)17)19(2)11(20)18-8-3-5-9(6-4-8)21-12(13,14)15/h3-7H,1-2H3,(H3,16,17)(H,18,20). The molecule has 21 heavy (non-hydrogen) atoms. The maximum Gasteiger partial charge on any atom is 0.573 e. The van der Waals surface area contributed by atoms with Crippen LogP contribution >= 0.6 is 0 Å². The van der Waals surface area contributed by atoms with Crippen LogP contribution in [0.2, 0.25) is 0 Å². The number of benzene rings is 1. The average Bonchev–Trinajstić information content (AvgIpc) is 2.37. The van der Waals surface area contributed by atoms with Crippen molar-refractivity contribution in [1.29, 1.82) is 5.41 Å². The van der Waals surface area contributed by atoms with Crippen LogP contribution in [0.4, 0.5) is 23.7 Å². The molecule has 1 aromatic carbocycles. The van der Waals surface area contributed by atoms with E-state index in [1.54, 1.807) is 6.92 Å². The van der Waals surface area contributed by atoms with E-state index in [9.17, 15) is 18.0 Å². The number of amides is 2. The molecule has 6 nitrogen and oxygen atoms in total. The summed E-state index contributed by atoms with van der Waals surface area (Å²) in [6, 6.07) is 3.56. The minimum Gasteiger partial charge on any atom is -0.406 e. The third-order valence-corrected chi connectivity index (χ3v) is 2.69. The molecule has 4 N–H and O–H groups in total. The predicted octanol–water partition coefficient (Wildman–Crippen LogP) is 2.37. The van der Waals surface area contributed by atoms with Gasteiger partial charge in [0.2, 0.25) is 0 Å². The van der Waals surface area contributed by atoms with E-state index < -0.39 is 18.4 Å². The van der Waals surface area contributed by atoms with Gasteiger partial charge in [0.1, 0.15) is 11.6 Å². The van der Waals surface area contributed by atoms with Gasteiger partial charge in [0.25, 0.3) is 0 Å². The second-order valence-corrected chi connectivity index (χ2v) is 4.24. The number of hydrogen-bond donors (Lipinski definition) is 3. The molecule has 1 rings (SSSR count). The third kappa shape index (κ3) is 5.21. The summed E-state index contributed by atoms with van der Waals surface area (Å²) in [6.07, 6.45) is -4.76. The zero-order valence-corrected chi connectivity index (χ0v) is 11.4. The molecular weight excluding hydrogens is 289 g/mol. The number of nitrogens with zero attached hydrogens (tertiary/aromatic N) is 1. The van der Waals surface area contributed by atoms with Crippen LogP contribution < -0.4 is 15.8 Å². The van der Waals surface area contributed by atoms with Crippen molar-refractivity contribution in [2.45, 2.75) is 19.3 Å². The van der Waals surface area contributed by atoms with Crippen LogP contribution in [-0.2, 0) is 0 Å². The lowest BCUT2D eigenvalue weighted by molar-refractivity contribution is -0.274. The third-order valence-electron chi connectivity index (χ3n) is 2.69. The molecule has 0 aliphatic carbocycles. The van der Waals surface area contributed by atoms with Gasteiger partial charge in [0.15, 0.2) is 0 Å². The monoisotopic (exact) mass is 304 g/mol. The SMILES string of the molecule is CC(C(=N)N)N(C)C(=O)Nc1ccc(OC(F)(F)F)cc1. The highest BCUT2D eigenvalue weighted by molar-refractivity contribution is 5.93. The van der Waals surface area contributed by atoms with E-state index >= 15 is 0 Å². The van der Waals surface area contributed by atoms with Crippen LogP contribution in [0.15, 0.2) is 24.3 Å². The lowest BCUT2D eigenvalue weighted by Gasteiger charge is -2.24. The molecule has 0 saturated heterocycles. The summed E-state index contributed by atoms with van der Waals surface area (Å²) in [5, 5.41) is 9.71. The lowest BCUT2D eigenvalue weighted by atomic mass is 10.3. The van der Waals surface area contributed by atoms with Crippen LogP contribution in [-0.4, -0.2) is 36.2 Å². The second-order valence-electron chi connectivity index (χ2n) is 4.24. The molecule has 9 heteroatoms. The van der Waals surface area contributed by atoms with E-state index in [4.69, 9.17) is 11.1 Å². The van der Waals surface area contributed by atoms with Crippen LogP contribution in [0.25, 0.3) is 0 Å². The second kappa shape index (κ2) is 6.33. The van der Waals surface area contributed by atoms with Crippen molar-refractivity contribution < 1.29 is 22.7 Å². The predicted molar refractivity (Wildman–Crippen MR) is 71.3 cm³/mol. The fourth-order valence-corrected chi connectivity index (χ4v) is 1.34. The van der Waals surface area contributed by atoms with Crippen LogP contribution in [0, 0.1) is 5.41 Å². The number of carbonyl (C=O) groups excluding carboxylic acids is 1. The van der Waals surface area contributed by atoms with E-state index in [0.29, 0.717) is 0 Å². The number of ether oxygens (including phenoxy) is 1. The molecule has 2 amide bonds. The van der Waals surface area contributed by atoms with E-state index in [0.717, 1.165) is 12.1 Å². The molecule has 0 heterocycles. The Balaban J connectivity index is 2.67. The van der Waals surface area contributed by atoms with E-state index in [-0.39, 0.29) is 17.3 Å². The number of nitrogens with one attached hydrogen (secondary N) is 2. The Bertz CT molecular complexity index is 516. The number of alkyl halides is 3. The van der Waals surface area contributed by atoms with Crippen molar-refractivity contribution in [2.24, 2.45) is 5.73 Å². The Kier molecular flexibility index (Phi) is 5.01. The molecule has 0 saturated carbocycles. The van der Waals surface area contributed by atoms with Crippen molar-refractivity contribution in [3.8, 4) is 5.75 Å². The Morgan fingerprint density at radius 1 is 1.38 bits per heavy atom. The molecule has 1 atom stereocenters. The van der Waals surface area contributed by atoms with Crippen molar-refractivity contribution in [2.75, 3.05) is 12.4 Å². The molecule has 0 aliphatic heterocycles. The molecule has 0 aromatic heterocycles. The van der Waals surface area contributed by atoms with Crippen LogP contribution in [0.5, 0.6) is 5.75 Å². The van der Waals surface area contributed by atoms with Gasteiger partial charge in [-0.3, -0.25) is 5.41 Å². The van der Waals surface area contributed by atoms with Gasteiger partial charge < -0.3 is 20.7 Å². The van der Waals surface area contributed by atoms with E-state index in [1.165, 1.54) is 24.1 Å². The van der Waals surface area contributed by atoms with Gasteiger partial charge in [-0.2, -0.15) is 0 Å². The molecule has 116 valence electrons. The molecule has 0 radical (unpaired) electrons. The molecule has 1 aromatic rings. The van der Waals surface area contributed by atoms with Crippen LogP contribution in [0.3, 0.4) is 0 Å². The van der Waals surface area contributed by atoms with Gasteiger partial charge >= 0.3 is 12.4 Å². The first-order valence-electron chi connectivity index (χ1n) is 5.83.